The molecule has 0 atom stereocenters. The van der Waals surface area contributed by atoms with E-state index in [9.17, 15) is 26.4 Å². The third-order valence-corrected chi connectivity index (χ3v) is 6.49. The third-order valence-electron chi connectivity index (χ3n) is 4.67. The Kier molecular flexibility index (Phi) is 6.59. The summed E-state index contributed by atoms with van der Waals surface area (Å²) in [6, 6.07) is 15.0. The number of hydrogen-bond acceptors (Lipinski definition) is 3. The van der Waals surface area contributed by atoms with Crippen molar-refractivity contribution in [2.75, 3.05) is 10.6 Å². The highest BCUT2D eigenvalue weighted by atomic mass is 32.2. The van der Waals surface area contributed by atoms with Crippen LogP contribution in [0.15, 0.2) is 71.6 Å². The van der Waals surface area contributed by atoms with Crippen LogP contribution in [0.4, 0.5) is 29.3 Å². The van der Waals surface area contributed by atoms with E-state index in [1.807, 2.05) is 13.0 Å². The van der Waals surface area contributed by atoms with Crippen LogP contribution >= 0.6 is 0 Å². The molecule has 3 aromatic rings. The van der Waals surface area contributed by atoms with E-state index in [0.29, 0.717) is 11.1 Å². The number of aryl methyl sites for hydroxylation is 2. The van der Waals surface area contributed by atoms with Crippen molar-refractivity contribution in [3.63, 3.8) is 0 Å². The maximum absolute atomic E-state index is 13.0. The minimum Gasteiger partial charge on any atom is -0.308 e. The number of sulfone groups is 1. The van der Waals surface area contributed by atoms with Gasteiger partial charge >= 0.3 is 12.2 Å². The lowest BCUT2D eigenvalue weighted by molar-refractivity contribution is -0.137. The van der Waals surface area contributed by atoms with Gasteiger partial charge in [0.15, 0.2) is 9.84 Å². The van der Waals surface area contributed by atoms with Crippen molar-refractivity contribution >= 4 is 27.2 Å². The van der Waals surface area contributed by atoms with Crippen LogP contribution in [0.2, 0.25) is 0 Å². The Morgan fingerprint density at radius 3 is 2.19 bits per heavy atom. The van der Waals surface area contributed by atoms with E-state index in [-0.39, 0.29) is 22.0 Å². The van der Waals surface area contributed by atoms with Gasteiger partial charge in [0, 0.05) is 11.4 Å². The topological polar surface area (TPSA) is 75.3 Å². The lowest BCUT2D eigenvalue weighted by Gasteiger charge is -2.13. The van der Waals surface area contributed by atoms with Gasteiger partial charge in [0.2, 0.25) is 0 Å². The molecule has 5 nitrogen and oxygen atoms in total. The third kappa shape index (κ3) is 5.88. The van der Waals surface area contributed by atoms with Crippen LogP contribution in [0.1, 0.15) is 22.3 Å². The SMILES string of the molecule is Cc1cccc(CS(=O)(=O)c2cc(NC(=O)Nc3cccc(C(F)(F)F)c3)ccc2C)c1. The van der Waals surface area contributed by atoms with Crippen LogP contribution in [-0.2, 0) is 21.8 Å². The van der Waals surface area contributed by atoms with Crippen LogP contribution in [0, 0.1) is 13.8 Å². The molecule has 0 aliphatic rings. The molecule has 0 heterocycles. The fourth-order valence-corrected chi connectivity index (χ4v) is 4.82. The molecule has 0 spiro atoms. The number of amides is 2. The molecule has 0 saturated heterocycles. The summed E-state index contributed by atoms with van der Waals surface area (Å²) in [6.45, 7) is 3.52. The number of carbonyl (C=O) groups is 1. The van der Waals surface area contributed by atoms with Crippen LogP contribution in [0.25, 0.3) is 0 Å². The largest absolute Gasteiger partial charge is 0.416 e. The summed E-state index contributed by atoms with van der Waals surface area (Å²) in [5, 5.41) is 4.79. The summed E-state index contributed by atoms with van der Waals surface area (Å²) in [5.74, 6) is -0.199. The number of benzene rings is 3. The molecule has 0 fully saturated rings. The zero-order valence-corrected chi connectivity index (χ0v) is 18.1. The second-order valence-corrected chi connectivity index (χ2v) is 9.34. The highest BCUT2D eigenvalue weighted by molar-refractivity contribution is 7.90. The van der Waals surface area contributed by atoms with Crippen LogP contribution in [0.5, 0.6) is 0 Å². The number of hydrogen-bond donors (Lipinski definition) is 2. The number of anilines is 2. The van der Waals surface area contributed by atoms with Crippen molar-refractivity contribution in [1.29, 1.82) is 0 Å². The maximum atomic E-state index is 13.0. The summed E-state index contributed by atoms with van der Waals surface area (Å²) >= 11 is 0. The van der Waals surface area contributed by atoms with E-state index in [2.05, 4.69) is 10.6 Å². The lowest BCUT2D eigenvalue weighted by atomic mass is 10.2. The Morgan fingerprint density at radius 1 is 0.875 bits per heavy atom. The van der Waals surface area contributed by atoms with Crippen LogP contribution < -0.4 is 10.6 Å². The predicted octanol–water partition coefficient (Wildman–Crippen LogP) is 5.94. The summed E-state index contributed by atoms with van der Waals surface area (Å²) in [6.07, 6.45) is -4.54. The molecular formula is C23H21F3N2O3S. The zero-order valence-electron chi connectivity index (χ0n) is 17.3. The first-order valence-electron chi connectivity index (χ1n) is 9.58. The number of rotatable bonds is 5. The van der Waals surface area contributed by atoms with Gasteiger partial charge in [-0.1, -0.05) is 42.0 Å². The van der Waals surface area contributed by atoms with E-state index in [0.717, 1.165) is 17.7 Å². The number of nitrogens with one attached hydrogen (secondary N) is 2. The van der Waals surface area contributed by atoms with Gasteiger partial charge in [-0.2, -0.15) is 13.2 Å². The van der Waals surface area contributed by atoms with Crippen molar-refractivity contribution in [1.82, 2.24) is 0 Å². The Bertz CT molecular complexity index is 1260. The fourth-order valence-electron chi connectivity index (χ4n) is 3.18. The molecule has 0 radical (unpaired) electrons. The van der Waals surface area contributed by atoms with Crippen molar-refractivity contribution in [3.05, 3.63) is 89.0 Å². The average Bonchev–Trinajstić information content (AvgIpc) is 2.68. The zero-order chi connectivity index (χ0) is 23.5. The Hall–Kier alpha value is -3.33. The molecule has 3 aromatic carbocycles. The van der Waals surface area contributed by atoms with Gasteiger partial charge in [-0.05, 0) is 55.3 Å². The summed E-state index contributed by atoms with van der Waals surface area (Å²) in [7, 11) is -3.70. The van der Waals surface area contributed by atoms with E-state index < -0.39 is 27.6 Å². The molecule has 168 valence electrons. The first-order valence-corrected chi connectivity index (χ1v) is 11.2. The van der Waals surface area contributed by atoms with Gasteiger partial charge in [0.25, 0.3) is 0 Å². The maximum Gasteiger partial charge on any atom is 0.416 e. The highest BCUT2D eigenvalue weighted by Crippen LogP contribution is 2.31. The van der Waals surface area contributed by atoms with Gasteiger partial charge < -0.3 is 10.6 Å². The molecule has 9 heteroatoms. The second-order valence-electron chi connectivity index (χ2n) is 7.39. The molecule has 0 bridgehead atoms. The van der Waals surface area contributed by atoms with Crippen molar-refractivity contribution < 1.29 is 26.4 Å². The minimum atomic E-state index is -4.54. The predicted molar refractivity (Wildman–Crippen MR) is 117 cm³/mol. The van der Waals surface area contributed by atoms with Crippen molar-refractivity contribution in [3.8, 4) is 0 Å². The first-order chi connectivity index (χ1) is 14.9. The van der Waals surface area contributed by atoms with Gasteiger partial charge in [-0.25, -0.2) is 13.2 Å². The summed E-state index contributed by atoms with van der Waals surface area (Å²) in [4.78, 5) is 12.3. The van der Waals surface area contributed by atoms with Crippen LogP contribution in [-0.4, -0.2) is 14.4 Å². The number of carbonyl (C=O) groups excluding carboxylic acids is 1. The number of urea groups is 1. The Labute approximate surface area is 184 Å². The van der Waals surface area contributed by atoms with Crippen LogP contribution in [0.3, 0.4) is 0 Å². The van der Waals surface area contributed by atoms with E-state index in [1.54, 1.807) is 31.2 Å². The summed E-state index contributed by atoms with van der Waals surface area (Å²) < 4.78 is 64.4. The monoisotopic (exact) mass is 462 g/mol. The highest BCUT2D eigenvalue weighted by Gasteiger charge is 2.30. The van der Waals surface area contributed by atoms with Gasteiger partial charge in [-0.3, -0.25) is 0 Å². The molecule has 0 saturated carbocycles. The second kappa shape index (κ2) is 9.04. The molecular weight excluding hydrogens is 441 g/mol. The molecule has 0 unspecified atom stereocenters. The van der Waals surface area contributed by atoms with Gasteiger partial charge in [0.1, 0.15) is 0 Å². The van der Waals surface area contributed by atoms with E-state index >= 15 is 0 Å². The molecule has 32 heavy (non-hydrogen) atoms. The number of halogens is 3. The number of alkyl halides is 3. The molecule has 0 aliphatic heterocycles. The molecule has 0 aliphatic carbocycles. The van der Waals surface area contributed by atoms with Gasteiger partial charge in [-0.15, -0.1) is 0 Å². The van der Waals surface area contributed by atoms with E-state index in [4.69, 9.17) is 0 Å². The summed E-state index contributed by atoms with van der Waals surface area (Å²) in [5.41, 5.74) is 1.36. The molecule has 2 N–H and O–H groups in total. The normalized spacial score (nSPS) is 11.8. The van der Waals surface area contributed by atoms with E-state index in [1.165, 1.54) is 24.3 Å². The fraction of sp³-hybridized carbons (Fsp3) is 0.174. The Balaban J connectivity index is 1.77. The molecule has 3 rings (SSSR count). The quantitative estimate of drug-likeness (QED) is 0.493. The standard InChI is InChI=1S/C23H21F3N2O3S/c1-15-5-3-6-17(11-15)14-32(30,31)21-13-20(10-9-16(21)2)28-22(29)27-19-8-4-7-18(12-19)23(24,25)26/h3-13H,14H2,1-2H3,(H2,27,28,29). The smallest absolute Gasteiger partial charge is 0.308 e. The van der Waals surface area contributed by atoms with Crippen molar-refractivity contribution in [2.24, 2.45) is 0 Å². The average molecular weight is 462 g/mol. The first kappa shape index (κ1) is 23.3. The lowest BCUT2D eigenvalue weighted by Crippen LogP contribution is -2.20. The van der Waals surface area contributed by atoms with Crippen molar-refractivity contribution in [2.45, 2.75) is 30.7 Å². The molecule has 0 aromatic heterocycles. The van der Waals surface area contributed by atoms with Gasteiger partial charge in [0.05, 0.1) is 16.2 Å². The minimum absolute atomic E-state index is 0.0447. The Morgan fingerprint density at radius 2 is 1.53 bits per heavy atom. The molecule has 2 amide bonds.